The Labute approximate surface area is 122 Å². The smallest absolute Gasteiger partial charge is 0.244 e. The van der Waals surface area contributed by atoms with Gasteiger partial charge in [-0.3, -0.25) is 4.79 Å². The first kappa shape index (κ1) is 14.3. The molecule has 1 aromatic rings. The Morgan fingerprint density at radius 1 is 1.32 bits per heavy atom. The van der Waals surface area contributed by atoms with Crippen molar-refractivity contribution >= 4 is 27.9 Å². The molecule has 0 atom stereocenters. The maximum Gasteiger partial charge on any atom is 0.244 e. The second-order valence-corrected chi connectivity index (χ2v) is 5.89. The van der Waals surface area contributed by atoms with E-state index < -0.39 is 0 Å². The van der Waals surface area contributed by atoms with Crippen molar-refractivity contribution in [2.24, 2.45) is 0 Å². The van der Waals surface area contributed by atoms with E-state index in [-0.39, 0.29) is 5.91 Å². The summed E-state index contributed by atoms with van der Waals surface area (Å²) >= 11 is 3.39. The minimum Gasteiger partial charge on any atom is -0.350 e. The fraction of sp³-hybridized carbons (Fsp3) is 0.400. The summed E-state index contributed by atoms with van der Waals surface area (Å²) in [7, 11) is 2.12. The Kier molecular flexibility index (Phi) is 5.16. The summed E-state index contributed by atoms with van der Waals surface area (Å²) in [4.78, 5) is 14.1. The molecule has 1 aliphatic rings. The highest BCUT2D eigenvalue weighted by atomic mass is 79.9. The van der Waals surface area contributed by atoms with Gasteiger partial charge in [0.2, 0.25) is 5.91 Å². The summed E-state index contributed by atoms with van der Waals surface area (Å²) < 4.78 is 1.04. The molecular weight excluding hydrogens is 304 g/mol. The lowest BCUT2D eigenvalue weighted by Gasteiger charge is -2.29. The van der Waals surface area contributed by atoms with Crippen molar-refractivity contribution in [3.8, 4) is 0 Å². The molecule has 1 amide bonds. The molecule has 102 valence electrons. The summed E-state index contributed by atoms with van der Waals surface area (Å²) in [6, 6.07) is 8.20. The lowest BCUT2D eigenvalue weighted by molar-refractivity contribution is -0.117. The van der Waals surface area contributed by atoms with Crippen LogP contribution in [0.5, 0.6) is 0 Å². The molecule has 1 aromatic carbocycles. The number of nitrogens with zero attached hydrogens (tertiary/aromatic N) is 1. The predicted octanol–water partition coefficient (Wildman–Crippen LogP) is 2.67. The van der Waals surface area contributed by atoms with E-state index in [9.17, 15) is 4.79 Å². The number of likely N-dealkylation sites (tertiary alicyclic amines) is 1. The molecule has 1 heterocycles. The molecule has 0 aliphatic carbocycles. The number of benzene rings is 1. The minimum atomic E-state index is -0.00234. The van der Waals surface area contributed by atoms with Gasteiger partial charge in [-0.15, -0.1) is 0 Å². The number of halogens is 1. The van der Waals surface area contributed by atoms with E-state index >= 15 is 0 Å². The van der Waals surface area contributed by atoms with Gasteiger partial charge in [-0.1, -0.05) is 28.1 Å². The molecule has 3 nitrogen and oxygen atoms in total. The van der Waals surface area contributed by atoms with Crippen LogP contribution in [0.25, 0.3) is 6.08 Å². The maximum absolute atomic E-state index is 11.8. The molecule has 2 rings (SSSR count). The fourth-order valence-corrected chi connectivity index (χ4v) is 2.41. The van der Waals surface area contributed by atoms with Gasteiger partial charge in [-0.05, 0) is 56.8 Å². The molecule has 0 radical (unpaired) electrons. The Morgan fingerprint density at radius 2 is 1.95 bits per heavy atom. The first-order valence-electron chi connectivity index (χ1n) is 6.56. The van der Waals surface area contributed by atoms with E-state index in [0.29, 0.717) is 6.04 Å². The van der Waals surface area contributed by atoms with Crippen molar-refractivity contribution in [2.75, 3.05) is 20.1 Å². The standard InChI is InChI=1S/C15H19BrN2O/c1-18-10-8-14(9-11-18)17-15(19)7-4-12-2-5-13(16)6-3-12/h2-7,14H,8-11H2,1H3,(H,17,19)/b7-4+. The van der Waals surface area contributed by atoms with Crippen LogP contribution in [-0.2, 0) is 4.79 Å². The van der Waals surface area contributed by atoms with E-state index in [4.69, 9.17) is 0 Å². The largest absolute Gasteiger partial charge is 0.350 e. The van der Waals surface area contributed by atoms with Gasteiger partial charge in [0.05, 0.1) is 0 Å². The molecule has 0 unspecified atom stereocenters. The molecule has 0 spiro atoms. The second kappa shape index (κ2) is 6.87. The Balaban J connectivity index is 1.82. The van der Waals surface area contributed by atoms with E-state index in [0.717, 1.165) is 36.0 Å². The Hall–Kier alpha value is -1.13. The second-order valence-electron chi connectivity index (χ2n) is 4.97. The number of amides is 1. The van der Waals surface area contributed by atoms with Crippen LogP contribution in [0.4, 0.5) is 0 Å². The topological polar surface area (TPSA) is 32.3 Å². The molecule has 4 heteroatoms. The van der Waals surface area contributed by atoms with Gasteiger partial charge in [-0.2, -0.15) is 0 Å². The third-order valence-electron chi connectivity index (χ3n) is 3.36. The molecule has 1 aliphatic heterocycles. The molecule has 1 saturated heterocycles. The normalized spacial score (nSPS) is 17.8. The number of rotatable bonds is 3. The minimum absolute atomic E-state index is 0.00234. The van der Waals surface area contributed by atoms with Crippen LogP contribution >= 0.6 is 15.9 Å². The van der Waals surface area contributed by atoms with Gasteiger partial charge in [0.1, 0.15) is 0 Å². The van der Waals surface area contributed by atoms with Crippen molar-refractivity contribution in [2.45, 2.75) is 18.9 Å². The molecule has 19 heavy (non-hydrogen) atoms. The summed E-state index contributed by atoms with van der Waals surface area (Å²) in [6.45, 7) is 2.11. The van der Waals surface area contributed by atoms with Crippen molar-refractivity contribution in [3.63, 3.8) is 0 Å². The van der Waals surface area contributed by atoms with Gasteiger partial charge in [-0.25, -0.2) is 0 Å². The lowest BCUT2D eigenvalue weighted by atomic mass is 10.1. The number of carbonyl (C=O) groups is 1. The molecule has 0 aromatic heterocycles. The SMILES string of the molecule is CN1CCC(NC(=O)/C=C/c2ccc(Br)cc2)CC1. The van der Waals surface area contributed by atoms with E-state index in [1.807, 2.05) is 30.3 Å². The van der Waals surface area contributed by atoms with Crippen LogP contribution in [0.15, 0.2) is 34.8 Å². The molecular formula is C15H19BrN2O. The van der Waals surface area contributed by atoms with Gasteiger partial charge >= 0.3 is 0 Å². The summed E-state index contributed by atoms with van der Waals surface area (Å²) in [6.07, 6.45) is 5.53. The summed E-state index contributed by atoms with van der Waals surface area (Å²) in [5.74, 6) is -0.00234. The molecule has 1 fully saturated rings. The maximum atomic E-state index is 11.8. The van der Waals surface area contributed by atoms with Gasteiger partial charge in [0.15, 0.2) is 0 Å². The van der Waals surface area contributed by atoms with Crippen LogP contribution in [0.3, 0.4) is 0 Å². The predicted molar refractivity (Wildman–Crippen MR) is 81.8 cm³/mol. The Morgan fingerprint density at radius 3 is 2.58 bits per heavy atom. The average molecular weight is 323 g/mol. The number of carbonyl (C=O) groups excluding carboxylic acids is 1. The third kappa shape index (κ3) is 4.80. The van der Waals surface area contributed by atoms with Gasteiger partial charge < -0.3 is 10.2 Å². The monoisotopic (exact) mass is 322 g/mol. The quantitative estimate of drug-likeness (QED) is 0.868. The van der Waals surface area contributed by atoms with Crippen molar-refractivity contribution in [3.05, 3.63) is 40.4 Å². The Bertz CT molecular complexity index is 448. The van der Waals surface area contributed by atoms with Crippen LogP contribution in [0.1, 0.15) is 18.4 Å². The fourth-order valence-electron chi connectivity index (χ4n) is 2.15. The first-order chi connectivity index (χ1) is 9.13. The van der Waals surface area contributed by atoms with Crippen molar-refractivity contribution in [1.29, 1.82) is 0 Å². The zero-order chi connectivity index (χ0) is 13.7. The highest BCUT2D eigenvalue weighted by molar-refractivity contribution is 9.10. The molecule has 0 saturated carbocycles. The molecule has 1 N–H and O–H groups in total. The third-order valence-corrected chi connectivity index (χ3v) is 3.89. The summed E-state index contributed by atoms with van der Waals surface area (Å²) in [5.41, 5.74) is 1.03. The van der Waals surface area contributed by atoms with Gasteiger partial charge in [0, 0.05) is 16.6 Å². The molecule has 0 bridgehead atoms. The highest BCUT2D eigenvalue weighted by Gasteiger charge is 2.17. The van der Waals surface area contributed by atoms with Crippen molar-refractivity contribution < 1.29 is 4.79 Å². The van der Waals surface area contributed by atoms with Crippen LogP contribution in [-0.4, -0.2) is 37.0 Å². The number of piperidine rings is 1. The number of hydrogen-bond donors (Lipinski definition) is 1. The van der Waals surface area contributed by atoms with E-state index in [2.05, 4.69) is 33.2 Å². The number of nitrogens with one attached hydrogen (secondary N) is 1. The number of hydrogen-bond acceptors (Lipinski definition) is 2. The summed E-state index contributed by atoms with van der Waals surface area (Å²) in [5, 5.41) is 3.06. The average Bonchev–Trinajstić information content (AvgIpc) is 2.41. The zero-order valence-electron chi connectivity index (χ0n) is 11.1. The van der Waals surface area contributed by atoms with Crippen molar-refractivity contribution in [1.82, 2.24) is 10.2 Å². The first-order valence-corrected chi connectivity index (χ1v) is 7.35. The van der Waals surface area contributed by atoms with E-state index in [1.54, 1.807) is 6.08 Å². The van der Waals surface area contributed by atoms with Crippen LogP contribution < -0.4 is 5.32 Å². The van der Waals surface area contributed by atoms with Crippen LogP contribution in [0.2, 0.25) is 0 Å². The highest BCUT2D eigenvalue weighted by Crippen LogP contribution is 2.12. The lowest BCUT2D eigenvalue weighted by Crippen LogP contribution is -2.42. The van der Waals surface area contributed by atoms with Gasteiger partial charge in [0.25, 0.3) is 0 Å². The van der Waals surface area contributed by atoms with Crippen LogP contribution in [0, 0.1) is 0 Å². The van der Waals surface area contributed by atoms with E-state index in [1.165, 1.54) is 0 Å². The zero-order valence-corrected chi connectivity index (χ0v) is 12.7.